The Morgan fingerprint density at radius 3 is 2.00 bits per heavy atom. The molecule has 0 fully saturated rings. The molecule has 0 amide bonds. The van der Waals surface area contributed by atoms with E-state index in [4.69, 9.17) is 4.74 Å². The highest BCUT2D eigenvalue weighted by molar-refractivity contribution is 6.05. The van der Waals surface area contributed by atoms with Gasteiger partial charge in [0.25, 0.3) is 0 Å². The fourth-order valence-corrected chi connectivity index (χ4v) is 7.87. The van der Waals surface area contributed by atoms with Crippen LogP contribution in [-0.2, 0) is 6.42 Å². The van der Waals surface area contributed by atoms with Crippen molar-refractivity contribution < 1.29 is 55.2 Å². The van der Waals surface area contributed by atoms with Gasteiger partial charge in [-0.25, -0.2) is 0 Å². The van der Waals surface area contributed by atoms with Crippen LogP contribution in [-0.4, -0.2) is 52.4 Å². The molecule has 11 heteroatoms. The summed E-state index contributed by atoms with van der Waals surface area (Å²) in [6.45, 7) is 7.65. The van der Waals surface area contributed by atoms with Crippen molar-refractivity contribution in [3.05, 3.63) is 123 Å². The first kappa shape index (κ1) is 39.3. The Labute approximate surface area is 324 Å². The van der Waals surface area contributed by atoms with Crippen LogP contribution >= 0.6 is 0 Å². The summed E-state index contributed by atoms with van der Waals surface area (Å²) in [7, 11) is 0. The predicted octanol–water partition coefficient (Wildman–Crippen LogP) is 8.99. The number of fused-ring (bicyclic) bond motifs is 1. The van der Waals surface area contributed by atoms with Crippen molar-refractivity contribution in [2.45, 2.75) is 77.7 Å². The summed E-state index contributed by atoms with van der Waals surface area (Å²) in [5.41, 5.74) is 2.97. The number of benzene rings is 4. The van der Waals surface area contributed by atoms with Gasteiger partial charge < -0.3 is 45.6 Å². The SMILES string of the molecule is CC(C)=CCCC1=C[C@@H](c2c(O)cc3c(c2O)C(=O)C[C@@H](c2ccc(O)cc2O)O3)C(C(=O)c2ccc(O)c(CC=C(C)C)c2O)C(c2ccc(O)cc2O)C1. The van der Waals surface area contributed by atoms with Gasteiger partial charge in [0.1, 0.15) is 63.4 Å². The standard InChI is InChI=1S/C45H46O11/c1-22(2)6-5-7-24-16-31(27-12-9-25(46)18-34(27)49)40(44(54)30-14-15-33(48)29(43(30)53)11-8-23(3)4)32(17-24)41-36(51)21-39-42(45(41)55)37(52)20-38(56-39)28-13-10-26(47)19-35(28)50/h6,8-10,12-15,17-19,21,31-32,38,40,46-51,53,55H,5,7,11,16,20H2,1-4H3/t31?,32-,38+,40?/m1/s1. The molecule has 1 aliphatic heterocycles. The lowest BCUT2D eigenvalue weighted by Gasteiger charge is -2.38. The predicted molar refractivity (Wildman–Crippen MR) is 209 cm³/mol. The molecule has 0 bridgehead atoms. The van der Waals surface area contributed by atoms with E-state index in [0.29, 0.717) is 18.4 Å². The van der Waals surface area contributed by atoms with E-state index in [0.717, 1.165) is 28.9 Å². The second-order valence-electron chi connectivity index (χ2n) is 15.1. The zero-order valence-corrected chi connectivity index (χ0v) is 31.6. The minimum Gasteiger partial charge on any atom is -0.508 e. The van der Waals surface area contributed by atoms with Crippen LogP contribution in [0.1, 0.15) is 114 Å². The van der Waals surface area contributed by atoms with E-state index >= 15 is 4.79 Å². The maximum Gasteiger partial charge on any atom is 0.174 e. The second kappa shape index (κ2) is 15.8. The van der Waals surface area contributed by atoms with Crippen LogP contribution in [0.4, 0.5) is 0 Å². The quantitative estimate of drug-likeness (QED) is 0.0565. The van der Waals surface area contributed by atoms with E-state index in [2.05, 4.69) is 6.08 Å². The summed E-state index contributed by atoms with van der Waals surface area (Å²) in [6.07, 6.45) is 5.83. The van der Waals surface area contributed by atoms with Crippen molar-refractivity contribution in [1.82, 2.24) is 0 Å². The summed E-state index contributed by atoms with van der Waals surface area (Å²) < 4.78 is 6.06. The Bertz CT molecular complexity index is 2310. The van der Waals surface area contributed by atoms with E-state index in [9.17, 15) is 45.6 Å². The Balaban J connectivity index is 1.55. The zero-order chi connectivity index (χ0) is 40.6. The molecular formula is C45H46O11. The molecule has 0 spiro atoms. The molecule has 0 saturated heterocycles. The Hall–Kier alpha value is -6.36. The smallest absolute Gasteiger partial charge is 0.174 e. The summed E-state index contributed by atoms with van der Waals surface area (Å²) in [5.74, 6) is -7.30. The molecular weight excluding hydrogens is 716 g/mol. The highest BCUT2D eigenvalue weighted by Crippen LogP contribution is 2.56. The fourth-order valence-electron chi connectivity index (χ4n) is 7.87. The van der Waals surface area contributed by atoms with Crippen LogP contribution in [0.15, 0.2) is 89.5 Å². The molecule has 4 aromatic carbocycles. The Morgan fingerprint density at radius 1 is 0.732 bits per heavy atom. The highest BCUT2D eigenvalue weighted by Gasteiger charge is 2.45. The topological polar surface area (TPSA) is 205 Å². The molecule has 8 N–H and O–H groups in total. The highest BCUT2D eigenvalue weighted by atomic mass is 16.5. The third-order valence-corrected chi connectivity index (χ3v) is 10.6. The van der Waals surface area contributed by atoms with E-state index in [1.807, 2.05) is 27.7 Å². The number of phenols is 8. The van der Waals surface area contributed by atoms with E-state index < -0.39 is 52.7 Å². The largest absolute Gasteiger partial charge is 0.508 e. The normalized spacial score (nSPS) is 19.0. The average Bonchev–Trinajstić information content (AvgIpc) is 3.10. The first-order valence-corrected chi connectivity index (χ1v) is 18.4. The van der Waals surface area contributed by atoms with Crippen LogP contribution in [0.2, 0.25) is 0 Å². The van der Waals surface area contributed by atoms with E-state index in [-0.39, 0.29) is 81.6 Å². The van der Waals surface area contributed by atoms with Gasteiger partial charge in [0, 0.05) is 52.6 Å². The lowest BCUT2D eigenvalue weighted by molar-refractivity contribution is 0.0841. The number of carbonyl (C=O) groups is 2. The molecule has 4 atom stereocenters. The Morgan fingerprint density at radius 2 is 1.38 bits per heavy atom. The van der Waals surface area contributed by atoms with Crippen molar-refractivity contribution in [2.24, 2.45) is 5.92 Å². The molecule has 4 aromatic rings. The van der Waals surface area contributed by atoms with Crippen molar-refractivity contribution >= 4 is 11.6 Å². The number of rotatable bonds is 10. The van der Waals surface area contributed by atoms with Crippen molar-refractivity contribution in [3.8, 4) is 51.7 Å². The molecule has 1 aliphatic carbocycles. The van der Waals surface area contributed by atoms with Gasteiger partial charge in [0.15, 0.2) is 11.6 Å². The number of Topliss-reactive ketones (excluding diaryl/α,β-unsaturated/α-hetero) is 2. The van der Waals surface area contributed by atoms with Crippen LogP contribution in [0.5, 0.6) is 51.7 Å². The monoisotopic (exact) mass is 762 g/mol. The number of hydrogen-bond acceptors (Lipinski definition) is 11. The third-order valence-electron chi connectivity index (χ3n) is 10.6. The second-order valence-corrected chi connectivity index (χ2v) is 15.1. The number of aromatic hydroxyl groups is 8. The van der Waals surface area contributed by atoms with Crippen molar-refractivity contribution in [3.63, 3.8) is 0 Å². The molecule has 2 aliphatic rings. The van der Waals surface area contributed by atoms with Crippen LogP contribution < -0.4 is 4.74 Å². The molecule has 0 saturated carbocycles. The first-order valence-electron chi connectivity index (χ1n) is 18.4. The molecule has 0 radical (unpaired) electrons. The molecule has 292 valence electrons. The number of carbonyl (C=O) groups excluding carboxylic acids is 2. The van der Waals surface area contributed by atoms with Gasteiger partial charge in [0.05, 0.1) is 12.0 Å². The van der Waals surface area contributed by atoms with Crippen molar-refractivity contribution in [1.29, 1.82) is 0 Å². The van der Waals surface area contributed by atoms with Gasteiger partial charge in [-0.1, -0.05) is 41.0 Å². The van der Waals surface area contributed by atoms with Gasteiger partial charge in [-0.2, -0.15) is 0 Å². The molecule has 11 nitrogen and oxygen atoms in total. The summed E-state index contributed by atoms with van der Waals surface area (Å²) in [6, 6.07) is 11.7. The van der Waals surface area contributed by atoms with Crippen LogP contribution in [0, 0.1) is 5.92 Å². The van der Waals surface area contributed by atoms with E-state index in [1.165, 1.54) is 42.5 Å². The zero-order valence-electron chi connectivity index (χ0n) is 31.6. The van der Waals surface area contributed by atoms with Gasteiger partial charge in [-0.15, -0.1) is 0 Å². The maximum absolute atomic E-state index is 15.1. The number of ketones is 2. The lowest BCUT2D eigenvalue weighted by atomic mass is 9.64. The van der Waals surface area contributed by atoms with Gasteiger partial charge >= 0.3 is 0 Å². The average molecular weight is 763 g/mol. The first-order chi connectivity index (χ1) is 26.5. The van der Waals surface area contributed by atoms with Crippen LogP contribution in [0.3, 0.4) is 0 Å². The molecule has 2 unspecified atom stereocenters. The summed E-state index contributed by atoms with van der Waals surface area (Å²) in [4.78, 5) is 28.9. The molecule has 1 heterocycles. The Kier molecular flexibility index (Phi) is 11.1. The molecule has 56 heavy (non-hydrogen) atoms. The third kappa shape index (κ3) is 7.75. The van der Waals surface area contributed by atoms with Gasteiger partial charge in [-0.3, -0.25) is 9.59 Å². The van der Waals surface area contributed by atoms with E-state index in [1.54, 1.807) is 12.2 Å². The van der Waals surface area contributed by atoms with Crippen LogP contribution in [0.25, 0.3) is 0 Å². The summed E-state index contributed by atoms with van der Waals surface area (Å²) >= 11 is 0. The number of phenolic OH excluding ortho intramolecular Hbond substituents is 8. The molecule has 0 aromatic heterocycles. The number of ether oxygens (including phenoxy) is 1. The molecule has 6 rings (SSSR count). The fraction of sp³-hybridized carbons (Fsp3) is 0.289. The maximum atomic E-state index is 15.1. The minimum absolute atomic E-state index is 0.128. The number of hydrogen-bond donors (Lipinski definition) is 8. The van der Waals surface area contributed by atoms with Crippen molar-refractivity contribution in [2.75, 3.05) is 0 Å². The number of allylic oxidation sites excluding steroid dienone is 6. The van der Waals surface area contributed by atoms with Gasteiger partial charge in [-0.05, 0) is 89.3 Å². The lowest BCUT2D eigenvalue weighted by Crippen LogP contribution is -2.32. The minimum atomic E-state index is -1.22. The van der Waals surface area contributed by atoms with Gasteiger partial charge in [0.2, 0.25) is 0 Å². The summed E-state index contributed by atoms with van der Waals surface area (Å²) in [5, 5.41) is 87.8.